The lowest BCUT2D eigenvalue weighted by Gasteiger charge is -2.17. The number of amides is 2. The van der Waals surface area contributed by atoms with Gasteiger partial charge in [0.2, 0.25) is 11.8 Å². The van der Waals surface area contributed by atoms with E-state index in [0.717, 1.165) is 24.1 Å². The molecule has 0 saturated heterocycles. The SMILES string of the molecule is CCCC(=O)Nc1ccc(CNC(=O)C(N)C(C)CC)cc1. The average molecular weight is 305 g/mol. The van der Waals surface area contributed by atoms with Crippen molar-refractivity contribution in [2.75, 3.05) is 5.32 Å². The number of hydrogen-bond acceptors (Lipinski definition) is 3. The average Bonchev–Trinajstić information content (AvgIpc) is 2.52. The molecule has 2 amide bonds. The number of benzene rings is 1. The van der Waals surface area contributed by atoms with E-state index in [1.807, 2.05) is 45.0 Å². The lowest BCUT2D eigenvalue weighted by molar-refractivity contribution is -0.123. The predicted molar refractivity (Wildman–Crippen MR) is 89.3 cm³/mol. The van der Waals surface area contributed by atoms with Crippen molar-refractivity contribution in [3.05, 3.63) is 29.8 Å². The zero-order chi connectivity index (χ0) is 16.5. The summed E-state index contributed by atoms with van der Waals surface area (Å²) in [6, 6.07) is 6.97. The van der Waals surface area contributed by atoms with Crippen LogP contribution in [0.5, 0.6) is 0 Å². The van der Waals surface area contributed by atoms with Crippen LogP contribution < -0.4 is 16.4 Å². The summed E-state index contributed by atoms with van der Waals surface area (Å²) in [4.78, 5) is 23.4. The minimum atomic E-state index is -0.474. The highest BCUT2D eigenvalue weighted by Crippen LogP contribution is 2.11. The van der Waals surface area contributed by atoms with Crippen LogP contribution in [0.3, 0.4) is 0 Å². The van der Waals surface area contributed by atoms with E-state index in [-0.39, 0.29) is 17.7 Å². The number of rotatable bonds is 8. The minimum absolute atomic E-state index is 0.0167. The molecule has 0 aliphatic rings. The molecule has 2 unspecified atom stereocenters. The van der Waals surface area contributed by atoms with Crippen LogP contribution in [0.1, 0.15) is 45.6 Å². The maximum atomic E-state index is 11.9. The maximum Gasteiger partial charge on any atom is 0.237 e. The molecule has 1 rings (SSSR count). The van der Waals surface area contributed by atoms with Gasteiger partial charge in [0.1, 0.15) is 0 Å². The van der Waals surface area contributed by atoms with Gasteiger partial charge < -0.3 is 16.4 Å². The molecular formula is C17H27N3O2. The lowest BCUT2D eigenvalue weighted by atomic mass is 9.99. The lowest BCUT2D eigenvalue weighted by Crippen LogP contribution is -2.44. The van der Waals surface area contributed by atoms with Gasteiger partial charge in [0.15, 0.2) is 0 Å². The fourth-order valence-corrected chi connectivity index (χ4v) is 1.98. The minimum Gasteiger partial charge on any atom is -0.351 e. The Morgan fingerprint density at radius 2 is 1.82 bits per heavy atom. The summed E-state index contributed by atoms with van der Waals surface area (Å²) >= 11 is 0. The van der Waals surface area contributed by atoms with E-state index in [2.05, 4.69) is 10.6 Å². The van der Waals surface area contributed by atoms with Crippen molar-refractivity contribution < 1.29 is 9.59 Å². The first-order chi connectivity index (χ1) is 10.5. The summed E-state index contributed by atoms with van der Waals surface area (Å²) < 4.78 is 0. The highest BCUT2D eigenvalue weighted by atomic mass is 16.2. The summed E-state index contributed by atoms with van der Waals surface area (Å²) in [5, 5.41) is 5.67. The molecule has 5 heteroatoms. The summed E-state index contributed by atoms with van der Waals surface area (Å²) in [5.41, 5.74) is 7.62. The summed E-state index contributed by atoms with van der Waals surface area (Å²) in [6.07, 6.45) is 2.22. The molecule has 2 atom stereocenters. The third kappa shape index (κ3) is 5.85. The van der Waals surface area contributed by atoms with E-state index in [0.29, 0.717) is 13.0 Å². The van der Waals surface area contributed by atoms with Crippen molar-refractivity contribution in [2.24, 2.45) is 11.7 Å². The molecule has 0 bridgehead atoms. The molecule has 0 aromatic heterocycles. The number of nitrogens with two attached hydrogens (primary N) is 1. The maximum absolute atomic E-state index is 11.9. The van der Waals surface area contributed by atoms with Gasteiger partial charge in [0.05, 0.1) is 6.04 Å². The first-order valence-electron chi connectivity index (χ1n) is 7.90. The van der Waals surface area contributed by atoms with Crippen LogP contribution in [-0.4, -0.2) is 17.9 Å². The van der Waals surface area contributed by atoms with Gasteiger partial charge in [0.25, 0.3) is 0 Å². The molecule has 0 radical (unpaired) electrons. The second-order valence-corrected chi connectivity index (χ2v) is 5.62. The number of anilines is 1. The summed E-state index contributed by atoms with van der Waals surface area (Å²) in [5.74, 6) is 0.0499. The smallest absolute Gasteiger partial charge is 0.237 e. The Kier molecular flexibility index (Phi) is 7.60. The van der Waals surface area contributed by atoms with Crippen LogP contribution >= 0.6 is 0 Å². The predicted octanol–water partition coefficient (Wildman–Crippen LogP) is 2.41. The second kappa shape index (κ2) is 9.20. The van der Waals surface area contributed by atoms with Gasteiger partial charge in [-0.05, 0) is 30.0 Å². The molecule has 22 heavy (non-hydrogen) atoms. The number of nitrogens with one attached hydrogen (secondary N) is 2. The second-order valence-electron chi connectivity index (χ2n) is 5.62. The highest BCUT2D eigenvalue weighted by molar-refractivity contribution is 5.90. The molecule has 1 aromatic carbocycles. The van der Waals surface area contributed by atoms with Gasteiger partial charge in [-0.3, -0.25) is 9.59 Å². The molecule has 0 heterocycles. The quantitative estimate of drug-likeness (QED) is 0.689. The summed E-state index contributed by atoms with van der Waals surface area (Å²) in [7, 11) is 0. The van der Waals surface area contributed by atoms with Crippen molar-refractivity contribution >= 4 is 17.5 Å². The van der Waals surface area contributed by atoms with Gasteiger partial charge in [-0.15, -0.1) is 0 Å². The van der Waals surface area contributed by atoms with Crippen LogP contribution in [0.25, 0.3) is 0 Å². The third-order valence-electron chi connectivity index (χ3n) is 3.74. The van der Waals surface area contributed by atoms with Crippen LogP contribution in [0.4, 0.5) is 5.69 Å². The molecular weight excluding hydrogens is 278 g/mol. The van der Waals surface area contributed by atoms with Crippen molar-refractivity contribution in [1.29, 1.82) is 0 Å². The molecule has 5 nitrogen and oxygen atoms in total. The van der Waals surface area contributed by atoms with E-state index in [1.165, 1.54) is 0 Å². The van der Waals surface area contributed by atoms with E-state index in [4.69, 9.17) is 5.73 Å². The van der Waals surface area contributed by atoms with E-state index >= 15 is 0 Å². The van der Waals surface area contributed by atoms with Crippen LogP contribution in [-0.2, 0) is 16.1 Å². The highest BCUT2D eigenvalue weighted by Gasteiger charge is 2.18. The zero-order valence-corrected chi connectivity index (χ0v) is 13.7. The van der Waals surface area contributed by atoms with E-state index in [9.17, 15) is 9.59 Å². The number of carbonyl (C=O) groups excluding carboxylic acids is 2. The van der Waals surface area contributed by atoms with Crippen LogP contribution in [0.15, 0.2) is 24.3 Å². The Hall–Kier alpha value is -1.88. The monoisotopic (exact) mass is 305 g/mol. The van der Waals surface area contributed by atoms with Gasteiger partial charge >= 0.3 is 0 Å². The number of hydrogen-bond donors (Lipinski definition) is 3. The fraction of sp³-hybridized carbons (Fsp3) is 0.529. The van der Waals surface area contributed by atoms with Crippen molar-refractivity contribution in [3.63, 3.8) is 0 Å². The molecule has 0 saturated carbocycles. The normalized spacial score (nSPS) is 13.3. The van der Waals surface area contributed by atoms with Gasteiger partial charge in [-0.25, -0.2) is 0 Å². The Morgan fingerprint density at radius 1 is 1.18 bits per heavy atom. The molecule has 4 N–H and O–H groups in total. The van der Waals surface area contributed by atoms with Crippen LogP contribution in [0, 0.1) is 5.92 Å². The Labute approximate surface area is 132 Å². The third-order valence-corrected chi connectivity index (χ3v) is 3.74. The van der Waals surface area contributed by atoms with Gasteiger partial charge in [-0.1, -0.05) is 39.3 Å². The molecule has 0 spiro atoms. The zero-order valence-electron chi connectivity index (χ0n) is 13.7. The Bertz CT molecular complexity index is 485. The number of carbonyl (C=O) groups is 2. The molecule has 0 fully saturated rings. The molecule has 0 aliphatic carbocycles. The van der Waals surface area contributed by atoms with E-state index in [1.54, 1.807) is 0 Å². The van der Waals surface area contributed by atoms with Crippen LogP contribution in [0.2, 0.25) is 0 Å². The molecule has 0 aliphatic heterocycles. The fourth-order valence-electron chi connectivity index (χ4n) is 1.98. The van der Waals surface area contributed by atoms with Gasteiger partial charge in [0, 0.05) is 18.7 Å². The van der Waals surface area contributed by atoms with Gasteiger partial charge in [-0.2, -0.15) is 0 Å². The largest absolute Gasteiger partial charge is 0.351 e. The van der Waals surface area contributed by atoms with Crippen molar-refractivity contribution in [3.8, 4) is 0 Å². The first kappa shape index (κ1) is 18.2. The molecule has 122 valence electrons. The summed E-state index contributed by atoms with van der Waals surface area (Å²) in [6.45, 7) is 6.39. The van der Waals surface area contributed by atoms with Crippen molar-refractivity contribution in [2.45, 2.75) is 52.6 Å². The first-order valence-corrected chi connectivity index (χ1v) is 7.90. The Morgan fingerprint density at radius 3 is 2.36 bits per heavy atom. The van der Waals surface area contributed by atoms with Crippen molar-refractivity contribution in [1.82, 2.24) is 5.32 Å². The van der Waals surface area contributed by atoms with E-state index < -0.39 is 6.04 Å². The standard InChI is InChI=1S/C17H27N3O2/c1-4-6-15(21)20-14-9-7-13(8-10-14)11-19-17(22)16(18)12(3)5-2/h7-10,12,16H,4-6,11,18H2,1-3H3,(H,19,22)(H,20,21). The molecule has 1 aromatic rings. The Balaban J connectivity index is 2.47. The topological polar surface area (TPSA) is 84.2 Å².